The van der Waals surface area contributed by atoms with Gasteiger partial charge in [0.15, 0.2) is 5.69 Å². The predicted molar refractivity (Wildman–Crippen MR) is 112 cm³/mol. The molecule has 172 valence electrons. The summed E-state index contributed by atoms with van der Waals surface area (Å²) in [5.41, 5.74) is -2.57. The highest BCUT2D eigenvalue weighted by atomic mass is 19.4. The Balaban J connectivity index is 1.89. The second-order valence-electron chi connectivity index (χ2n) is 7.15. The van der Waals surface area contributed by atoms with Crippen molar-refractivity contribution in [2.45, 2.75) is 13.1 Å². The minimum atomic E-state index is -4.69. The van der Waals surface area contributed by atoms with Crippen molar-refractivity contribution in [3.63, 3.8) is 0 Å². The standard InChI is InChI=1S/C22H18F4N4O3/c1-13-10-18(31)20(28-30(13)17-9-4-3-8-16(17)22(24,25)26)21(33)29(2)12-19(32)27-15-7-5-6-14(23)11-15/h3-11H,12H2,1-2H3,(H,27,32). The van der Waals surface area contributed by atoms with Crippen molar-refractivity contribution in [3.8, 4) is 5.69 Å². The van der Waals surface area contributed by atoms with Crippen molar-refractivity contribution < 1.29 is 27.2 Å². The number of likely N-dealkylation sites (N-methyl/N-ethyl adjacent to an activating group) is 1. The van der Waals surface area contributed by atoms with Gasteiger partial charge in [-0.15, -0.1) is 0 Å². The Kier molecular flexibility index (Phi) is 6.61. The number of rotatable bonds is 5. The number of hydrogen-bond acceptors (Lipinski definition) is 4. The molecule has 1 heterocycles. The van der Waals surface area contributed by atoms with E-state index in [2.05, 4.69) is 10.4 Å². The summed E-state index contributed by atoms with van der Waals surface area (Å²) in [4.78, 5) is 38.2. The van der Waals surface area contributed by atoms with Gasteiger partial charge in [0.1, 0.15) is 5.82 Å². The van der Waals surface area contributed by atoms with Crippen molar-refractivity contribution >= 4 is 17.5 Å². The molecule has 0 aliphatic heterocycles. The van der Waals surface area contributed by atoms with Crippen LogP contribution in [-0.2, 0) is 11.0 Å². The van der Waals surface area contributed by atoms with Crippen LogP contribution in [0.5, 0.6) is 0 Å². The van der Waals surface area contributed by atoms with Crippen LogP contribution in [0, 0.1) is 12.7 Å². The Hall–Kier alpha value is -4.02. The summed E-state index contributed by atoms with van der Waals surface area (Å²) in [6.45, 7) is 0.870. The van der Waals surface area contributed by atoms with E-state index in [1.807, 2.05) is 0 Å². The molecule has 2 aromatic carbocycles. The van der Waals surface area contributed by atoms with Crippen LogP contribution < -0.4 is 10.7 Å². The maximum absolute atomic E-state index is 13.4. The molecule has 7 nitrogen and oxygen atoms in total. The third-order valence-electron chi connectivity index (χ3n) is 4.58. The van der Waals surface area contributed by atoms with Crippen LogP contribution in [0.15, 0.2) is 59.4 Å². The maximum atomic E-state index is 13.4. The topological polar surface area (TPSA) is 84.3 Å². The van der Waals surface area contributed by atoms with Gasteiger partial charge in [-0.05, 0) is 37.3 Å². The normalized spacial score (nSPS) is 11.2. The molecule has 3 aromatic rings. The van der Waals surface area contributed by atoms with Crippen LogP contribution in [0.1, 0.15) is 21.7 Å². The van der Waals surface area contributed by atoms with Gasteiger partial charge < -0.3 is 10.2 Å². The summed E-state index contributed by atoms with van der Waals surface area (Å²) < 4.78 is 54.4. The van der Waals surface area contributed by atoms with Gasteiger partial charge >= 0.3 is 6.18 Å². The SMILES string of the molecule is Cc1cc(=O)c(C(=O)N(C)CC(=O)Nc2cccc(F)c2)nn1-c1ccccc1C(F)(F)F. The molecule has 0 aliphatic carbocycles. The van der Waals surface area contributed by atoms with Gasteiger partial charge in [-0.3, -0.25) is 14.4 Å². The monoisotopic (exact) mass is 462 g/mol. The molecule has 0 saturated heterocycles. The van der Waals surface area contributed by atoms with Crippen molar-refractivity contribution in [1.82, 2.24) is 14.7 Å². The number of alkyl halides is 3. The quantitative estimate of drug-likeness (QED) is 0.589. The molecule has 0 aliphatic rings. The first-order chi connectivity index (χ1) is 15.5. The second kappa shape index (κ2) is 9.23. The molecule has 0 bridgehead atoms. The Morgan fingerprint density at radius 2 is 1.79 bits per heavy atom. The summed E-state index contributed by atoms with van der Waals surface area (Å²) in [5.74, 6) is -2.21. The highest BCUT2D eigenvalue weighted by Gasteiger charge is 2.34. The number of aromatic nitrogens is 2. The summed E-state index contributed by atoms with van der Waals surface area (Å²) >= 11 is 0. The minimum Gasteiger partial charge on any atom is -0.331 e. The number of aryl methyl sites for hydroxylation is 1. The van der Waals surface area contributed by atoms with Crippen LogP contribution in [0.4, 0.5) is 23.2 Å². The summed E-state index contributed by atoms with van der Waals surface area (Å²) in [5, 5.41) is 6.28. The zero-order chi connectivity index (χ0) is 24.3. The fourth-order valence-corrected chi connectivity index (χ4v) is 3.07. The Morgan fingerprint density at radius 3 is 2.45 bits per heavy atom. The average Bonchev–Trinajstić information content (AvgIpc) is 2.72. The van der Waals surface area contributed by atoms with Crippen LogP contribution in [0.3, 0.4) is 0 Å². The molecule has 1 N–H and O–H groups in total. The van der Waals surface area contributed by atoms with Gasteiger partial charge in [0.25, 0.3) is 5.91 Å². The van der Waals surface area contributed by atoms with E-state index in [1.54, 1.807) is 0 Å². The maximum Gasteiger partial charge on any atom is 0.418 e. The molecule has 0 saturated carbocycles. The second-order valence-corrected chi connectivity index (χ2v) is 7.15. The van der Waals surface area contributed by atoms with Crippen LogP contribution >= 0.6 is 0 Å². The fourth-order valence-electron chi connectivity index (χ4n) is 3.07. The fraction of sp³-hybridized carbons (Fsp3) is 0.182. The number of para-hydroxylation sites is 1. The molecule has 0 spiro atoms. The highest BCUT2D eigenvalue weighted by Crippen LogP contribution is 2.33. The van der Waals surface area contributed by atoms with E-state index in [0.717, 1.165) is 33.8 Å². The smallest absolute Gasteiger partial charge is 0.331 e. The van der Waals surface area contributed by atoms with Crippen molar-refractivity contribution in [2.24, 2.45) is 0 Å². The molecular weight excluding hydrogens is 444 g/mol. The first-order valence-electron chi connectivity index (χ1n) is 9.56. The lowest BCUT2D eigenvalue weighted by Crippen LogP contribution is -2.38. The first-order valence-corrected chi connectivity index (χ1v) is 9.56. The van der Waals surface area contributed by atoms with E-state index < -0.39 is 47.0 Å². The summed E-state index contributed by atoms with van der Waals surface area (Å²) in [6, 6.07) is 10.7. The van der Waals surface area contributed by atoms with E-state index in [0.29, 0.717) is 0 Å². The molecule has 0 unspecified atom stereocenters. The molecule has 33 heavy (non-hydrogen) atoms. The number of nitrogens with zero attached hydrogens (tertiary/aromatic N) is 3. The lowest BCUT2D eigenvalue weighted by atomic mass is 10.1. The van der Waals surface area contributed by atoms with Gasteiger partial charge in [-0.1, -0.05) is 18.2 Å². The number of nitrogens with one attached hydrogen (secondary N) is 1. The van der Waals surface area contributed by atoms with Gasteiger partial charge in [-0.25, -0.2) is 9.07 Å². The predicted octanol–water partition coefficient (Wildman–Crippen LogP) is 3.41. The molecule has 0 fully saturated rings. The molecule has 0 radical (unpaired) electrons. The third kappa shape index (κ3) is 5.43. The largest absolute Gasteiger partial charge is 0.418 e. The Labute approximate surface area is 185 Å². The number of halogens is 4. The van der Waals surface area contributed by atoms with Crippen LogP contribution in [0.2, 0.25) is 0 Å². The molecule has 2 amide bonds. The van der Waals surface area contributed by atoms with Crippen LogP contribution in [-0.4, -0.2) is 40.1 Å². The zero-order valence-corrected chi connectivity index (χ0v) is 17.5. The molecule has 11 heteroatoms. The van der Waals surface area contributed by atoms with Gasteiger partial charge in [-0.2, -0.15) is 18.3 Å². The Morgan fingerprint density at radius 1 is 1.09 bits per heavy atom. The minimum absolute atomic E-state index is 0.0831. The zero-order valence-electron chi connectivity index (χ0n) is 17.5. The number of anilines is 1. The lowest BCUT2D eigenvalue weighted by Gasteiger charge is -2.19. The van der Waals surface area contributed by atoms with E-state index in [9.17, 15) is 31.9 Å². The molecular formula is C22H18F4N4O3. The summed E-state index contributed by atoms with van der Waals surface area (Å²) in [7, 11) is 1.22. The molecule has 0 atom stereocenters. The molecule has 3 rings (SSSR count). The van der Waals surface area contributed by atoms with Crippen LogP contribution in [0.25, 0.3) is 5.69 Å². The number of carbonyl (C=O) groups excluding carboxylic acids is 2. The van der Waals surface area contributed by atoms with Crippen molar-refractivity contribution in [3.05, 3.63) is 87.6 Å². The highest BCUT2D eigenvalue weighted by molar-refractivity contribution is 5.98. The Bertz CT molecular complexity index is 1270. The number of amides is 2. The third-order valence-corrected chi connectivity index (χ3v) is 4.58. The van der Waals surface area contributed by atoms with Gasteiger partial charge in [0.2, 0.25) is 11.3 Å². The average molecular weight is 462 g/mol. The van der Waals surface area contributed by atoms with Gasteiger partial charge in [0.05, 0.1) is 17.8 Å². The van der Waals surface area contributed by atoms with Crippen molar-refractivity contribution in [1.29, 1.82) is 0 Å². The molecule has 1 aromatic heterocycles. The summed E-state index contributed by atoms with van der Waals surface area (Å²) in [6.07, 6.45) is -4.69. The first kappa shape index (κ1) is 23.6. The van der Waals surface area contributed by atoms with E-state index >= 15 is 0 Å². The number of benzene rings is 2. The van der Waals surface area contributed by atoms with E-state index in [-0.39, 0.29) is 17.1 Å². The van der Waals surface area contributed by atoms with Gasteiger partial charge in [0, 0.05) is 24.5 Å². The number of carbonyl (C=O) groups is 2. The lowest BCUT2D eigenvalue weighted by molar-refractivity contribution is -0.137. The van der Waals surface area contributed by atoms with E-state index in [4.69, 9.17) is 0 Å². The number of hydrogen-bond donors (Lipinski definition) is 1. The van der Waals surface area contributed by atoms with E-state index in [1.165, 1.54) is 44.3 Å². The van der Waals surface area contributed by atoms with Crippen molar-refractivity contribution in [2.75, 3.05) is 18.9 Å².